The molecule has 0 radical (unpaired) electrons. The Morgan fingerprint density at radius 1 is 0.493 bits per heavy atom. The van der Waals surface area contributed by atoms with Gasteiger partial charge < -0.3 is 70.6 Å². The van der Waals surface area contributed by atoms with E-state index in [1.807, 2.05) is 136 Å². The number of carbonyl (C=O) groups is 9. The predicted molar refractivity (Wildman–Crippen MR) is 520 cm³/mol. The second kappa shape index (κ2) is 52.9. The highest BCUT2D eigenvalue weighted by molar-refractivity contribution is 9.09. The van der Waals surface area contributed by atoms with Crippen LogP contribution in [-0.2, 0) is 58.9 Å². The number of ether oxygens (including phenoxy) is 6. The molecule has 0 spiro atoms. The van der Waals surface area contributed by atoms with Crippen molar-refractivity contribution in [2.75, 3.05) is 60.8 Å². The van der Waals surface area contributed by atoms with Crippen molar-refractivity contribution >= 4 is 133 Å². The molecule has 13 aromatic rings. The minimum Gasteiger partial charge on any atom is -0.481 e. The topological polar surface area (TPSA) is 483 Å². The number of rotatable bonds is 25. The van der Waals surface area contributed by atoms with Crippen LogP contribution in [0.4, 0.5) is 57.2 Å². The third kappa shape index (κ3) is 36.2. The lowest BCUT2D eigenvalue weighted by atomic mass is 10.1. The van der Waals surface area contributed by atoms with Crippen molar-refractivity contribution in [3.8, 4) is 39.5 Å². The molecule has 134 heavy (non-hydrogen) atoms. The van der Waals surface area contributed by atoms with E-state index in [-0.39, 0.29) is 36.8 Å². The summed E-state index contributed by atoms with van der Waals surface area (Å²) in [5.41, 5.74) is 24.0. The summed E-state index contributed by atoms with van der Waals surface area (Å²) in [5, 5.41) is 37.3. The summed E-state index contributed by atoms with van der Waals surface area (Å²) in [6, 6.07) is 68.5. The number of amides is 6. The van der Waals surface area contributed by atoms with Crippen molar-refractivity contribution in [2.45, 2.75) is 117 Å². The molecule has 0 unspecified atom stereocenters. The van der Waals surface area contributed by atoms with E-state index in [0.717, 1.165) is 50.3 Å². The van der Waals surface area contributed by atoms with Crippen LogP contribution in [0.15, 0.2) is 243 Å². The third-order valence-corrected chi connectivity index (χ3v) is 19.6. The molecule has 0 aliphatic carbocycles. The fourth-order valence-corrected chi connectivity index (χ4v) is 13.0. The molecule has 0 saturated heterocycles. The number of aliphatic carboxylic acids is 1. The summed E-state index contributed by atoms with van der Waals surface area (Å²) >= 11 is 21.7. The molecule has 6 amide bonds. The second-order valence-electron chi connectivity index (χ2n) is 30.8. The Morgan fingerprint density at radius 3 is 1.28 bits per heavy atom. The van der Waals surface area contributed by atoms with E-state index in [0.29, 0.717) is 109 Å². The zero-order valence-electron chi connectivity index (χ0n) is 74.4. The Morgan fingerprint density at radius 2 is 0.888 bits per heavy atom. The summed E-state index contributed by atoms with van der Waals surface area (Å²) in [7, 11) is 5.21. The van der Waals surface area contributed by atoms with E-state index >= 15 is 0 Å². The first-order chi connectivity index (χ1) is 63.5. The van der Waals surface area contributed by atoms with Gasteiger partial charge in [0.15, 0.2) is 11.6 Å². The zero-order chi connectivity index (χ0) is 96.7. The number of aryl methyl sites for hydroxylation is 1. The van der Waals surface area contributed by atoms with E-state index in [2.05, 4.69) is 112 Å². The zero-order valence-corrected chi connectivity index (χ0v) is 78.3. The van der Waals surface area contributed by atoms with Crippen molar-refractivity contribution in [2.24, 2.45) is 5.73 Å². The van der Waals surface area contributed by atoms with Crippen LogP contribution < -0.4 is 43.4 Å². The number of benzene rings is 9. The van der Waals surface area contributed by atoms with Crippen LogP contribution >= 0.6 is 50.7 Å². The molecule has 0 fully saturated rings. The van der Waals surface area contributed by atoms with Gasteiger partial charge in [-0.15, -0.1) is 5.10 Å². The number of hydrogen-bond donors (Lipinski definition) is 12. The predicted octanol–water partition coefficient (Wildman–Crippen LogP) is 20.8. The molecule has 13 rings (SSSR count). The van der Waals surface area contributed by atoms with Crippen LogP contribution in [0.5, 0.6) is 0 Å². The number of carboxylic acid groups (broad SMARTS) is 1. The largest absolute Gasteiger partial charge is 0.481 e. The molecule has 0 bridgehead atoms. The number of aromatic amines is 3. The molecule has 38 heteroatoms. The second-order valence-corrected chi connectivity index (χ2v) is 32.5. The van der Waals surface area contributed by atoms with Crippen LogP contribution in [0.2, 0.25) is 15.3 Å². The number of imidazole rings is 3. The monoisotopic (exact) mass is 1950 g/mol. The highest BCUT2D eigenvalue weighted by Gasteiger charge is 2.27. The molecule has 4 aromatic heterocycles. The number of nitrogens with one attached hydrogen (secondary N) is 9. The van der Waals surface area contributed by atoms with Crippen molar-refractivity contribution < 1.29 is 76.7 Å². The maximum absolute atomic E-state index is 12.5. The van der Waals surface area contributed by atoms with E-state index in [1.165, 1.54) is 46.4 Å². The number of H-pyrrole nitrogens is 3. The van der Waals surface area contributed by atoms with Crippen LogP contribution in [0, 0.1) is 0 Å². The number of ketones is 2. The van der Waals surface area contributed by atoms with Gasteiger partial charge in [0.1, 0.15) is 56.7 Å². The van der Waals surface area contributed by atoms with E-state index < -0.39 is 65.8 Å². The summed E-state index contributed by atoms with van der Waals surface area (Å²) in [5.74, 6) is 0.964. The fourth-order valence-electron chi connectivity index (χ4n) is 12.0. The number of tetrazole rings is 1. The highest BCUT2D eigenvalue weighted by Crippen LogP contribution is 2.33. The lowest BCUT2D eigenvalue weighted by Gasteiger charge is -2.23. The van der Waals surface area contributed by atoms with Gasteiger partial charge in [-0.1, -0.05) is 186 Å². The van der Waals surface area contributed by atoms with Gasteiger partial charge in [0.25, 0.3) is 0 Å². The number of carbonyl (C=O) groups excluding carboxylic acids is 8. The number of alkyl halides is 1. The molecule has 14 N–H and O–H groups in total. The van der Waals surface area contributed by atoms with Gasteiger partial charge in [-0.2, -0.15) is 0 Å². The highest BCUT2D eigenvalue weighted by atomic mass is 79.9. The average molecular weight is 1950 g/mol. The van der Waals surface area contributed by atoms with E-state index in [4.69, 9.17) is 60.9 Å². The number of aromatic nitrogens is 10. The number of hydrogen-bond acceptors (Lipinski definition) is 23. The molecule has 4 heterocycles. The molecule has 34 nitrogen and oxygen atoms in total. The quantitative estimate of drug-likeness (QED) is 0.0109. The summed E-state index contributed by atoms with van der Waals surface area (Å²) < 4.78 is 30.5. The number of anilines is 5. The van der Waals surface area contributed by atoms with Gasteiger partial charge in [-0.05, 0) is 203 Å². The molecular formula is C96H106BrCl3N18O16. The lowest BCUT2D eigenvalue weighted by Crippen LogP contribution is -2.36. The number of methoxy groups -OCH3 is 4. The minimum absolute atomic E-state index is 0. The van der Waals surface area contributed by atoms with Crippen LogP contribution in [0.3, 0.4) is 0 Å². The van der Waals surface area contributed by atoms with Gasteiger partial charge >= 0.3 is 42.5 Å². The van der Waals surface area contributed by atoms with Gasteiger partial charge in [-0.25, -0.2) is 48.4 Å². The van der Waals surface area contributed by atoms with Gasteiger partial charge in [-0.3, -0.25) is 35.7 Å². The number of carboxylic acids is 1. The third-order valence-electron chi connectivity index (χ3n) is 18.3. The first kappa shape index (κ1) is 106. The summed E-state index contributed by atoms with van der Waals surface area (Å²) in [6.45, 7) is 12.4. The standard InChI is InChI=1S/C24H27ClN4O4.C24H28N4O4.C19H19ClN4O2.C10H10BrNO3.C10H9ClN4O2.C8H9NO.CH4/c1-24(2,3)33-23(31)27-18(14-15-8-6-5-7-9-15)21-28-19(20(25)29-21)16-10-12-17(13-11-16)26-22(30)32-4;1-24(2,3)32-23(30)28-19(14-16-8-6-5-7-9-16)21-25-15-20(27-21)17-10-12-18(13-11-17)26-22(29)31-4;1-26-19(25)22-14-9-7-13(8-10-14)16-17(20)24-18(23-16)15(21)11-12-5-3-2-4-6-12;1-15-10(14)12-8-4-2-7(3-5-8)9(13)6-11;11-8-2-3-9(15-6-12-13-14-15)7(5-8)1-4-10(16)17;1-6(10)7-2-4-8(9)5-3-7;/h5-13,18H,14H2,1-4H3,(H,26,30)(H,27,31)(H,28,29);5-13,15,19H,14H2,1-4H3,(H,25,27)(H,26,29)(H,28,30);2-10,15H,11,21H2,1H3,(H,22,25)(H,23,24);2-5H,6H2,1H3,(H,12,14);2-3,5-6H,1,4H2,(H,16,17);2-5H,9H2,1H3;1H4/t18-;19-;15-;;;;/m000..../s1. The summed E-state index contributed by atoms with van der Waals surface area (Å²) in [4.78, 5) is 125. The minimum atomic E-state index is -0.854. The SMILES string of the molecule is C.CC(=O)c1ccc(N)cc1.COC(=O)Nc1ccc(-c2cnc([C@H](Cc3ccccc3)NC(=O)OC(C)(C)C)[nH]2)cc1.COC(=O)Nc1ccc(-c2nc([C@@H](N)Cc3ccccc3)[nH]c2Cl)cc1.COC(=O)Nc1ccc(-c2nc([C@H](Cc3ccccc3)NC(=O)OC(C)(C)C)[nH]c2Cl)cc1.COC(=O)Nc1ccc(C(=O)CBr)cc1.O=C(O)CCc1cc(Cl)ccc1-n1cnnn1. The maximum atomic E-state index is 12.5. The maximum Gasteiger partial charge on any atom is 0.411 e. The molecule has 0 aliphatic rings. The van der Waals surface area contributed by atoms with Crippen molar-refractivity contribution in [3.63, 3.8) is 0 Å². The molecule has 9 aromatic carbocycles. The van der Waals surface area contributed by atoms with E-state index in [1.54, 1.807) is 142 Å². The van der Waals surface area contributed by atoms with Crippen molar-refractivity contribution in [3.05, 3.63) is 309 Å². The number of nitrogen functional groups attached to an aromatic ring is 1. The number of nitrogens with zero attached hydrogens (tertiary/aromatic N) is 7. The molecular weight excluding hydrogens is 1850 g/mol. The van der Waals surface area contributed by atoms with Gasteiger partial charge in [0.05, 0.1) is 69.5 Å². The first-order valence-corrected chi connectivity index (χ1v) is 43.2. The van der Waals surface area contributed by atoms with Gasteiger partial charge in [0.2, 0.25) is 0 Å². The molecule has 0 aliphatic heterocycles. The average Bonchev–Trinajstić information content (AvgIpc) is 1.68. The van der Waals surface area contributed by atoms with Crippen molar-refractivity contribution in [1.29, 1.82) is 0 Å². The molecule has 3 atom stereocenters. The Labute approximate surface area is 798 Å². The first-order valence-electron chi connectivity index (χ1n) is 40.9. The van der Waals surface area contributed by atoms with Crippen molar-refractivity contribution in [1.82, 2.24) is 60.7 Å². The normalized spacial score (nSPS) is 11.2. The van der Waals surface area contributed by atoms with Crippen LogP contribution in [0.25, 0.3) is 39.5 Å². The lowest BCUT2D eigenvalue weighted by molar-refractivity contribution is -0.137. The Hall–Kier alpha value is -14.8. The number of alkyl carbamates (subject to hydrolysis) is 2. The number of nitrogens with two attached hydrogens (primary N) is 2. The Kier molecular flexibility index (Phi) is 42.0. The van der Waals surface area contributed by atoms with Crippen LogP contribution in [-0.4, -0.2) is 154 Å². The molecule has 704 valence electrons. The molecule has 0 saturated carbocycles. The van der Waals surface area contributed by atoms with Crippen LogP contribution in [0.1, 0.15) is 141 Å². The van der Waals surface area contributed by atoms with E-state index in [9.17, 15) is 43.2 Å². The number of halogens is 4. The number of Topliss-reactive ketones (excluding diaryl/α,β-unsaturated/α-hetero) is 2. The van der Waals surface area contributed by atoms with Gasteiger partial charge in [0, 0.05) is 75.0 Å². The fraction of sp³-hybridized carbons (Fsp3) is 0.240. The summed E-state index contributed by atoms with van der Waals surface area (Å²) in [6.07, 6.45) is 2.09. The Bertz CT molecular complexity index is 5930. The smallest absolute Gasteiger partial charge is 0.411 e. The Balaban J connectivity index is 0.000000227.